The summed E-state index contributed by atoms with van der Waals surface area (Å²) < 4.78 is 0.579. The van der Waals surface area contributed by atoms with E-state index in [0.717, 1.165) is 6.21 Å². The van der Waals surface area contributed by atoms with Crippen LogP contribution in [0, 0.1) is 5.21 Å². The van der Waals surface area contributed by atoms with Crippen molar-refractivity contribution in [3.05, 3.63) is 71.4 Å². The van der Waals surface area contributed by atoms with Gasteiger partial charge in [-0.15, -0.1) is 0 Å². The van der Waals surface area contributed by atoms with Gasteiger partial charge in [0.25, 0.3) is 0 Å². The Kier molecular flexibility index (Phi) is 3.31. The van der Waals surface area contributed by atoms with Gasteiger partial charge in [-0.25, -0.2) is 0 Å². The average molecular weight is 225 g/mol. The highest BCUT2D eigenvalue weighted by Gasteiger charge is 2.07. The maximum Gasteiger partial charge on any atom is 0.250 e. The van der Waals surface area contributed by atoms with Crippen molar-refractivity contribution in [2.24, 2.45) is 0 Å². The van der Waals surface area contributed by atoms with Crippen molar-refractivity contribution in [3.63, 3.8) is 0 Å². The molecule has 84 valence electrons. The van der Waals surface area contributed by atoms with E-state index in [1.165, 1.54) is 0 Å². The Labute approximate surface area is 99.2 Å². The molecule has 0 spiro atoms. The molecule has 0 aliphatic rings. The molecule has 17 heavy (non-hydrogen) atoms. The van der Waals surface area contributed by atoms with E-state index >= 15 is 0 Å². The summed E-state index contributed by atoms with van der Waals surface area (Å²) in [6.45, 7) is 0. The van der Waals surface area contributed by atoms with Crippen LogP contribution in [-0.4, -0.2) is 16.7 Å². The number of rotatable bonds is 3. The Morgan fingerprint density at radius 3 is 2.06 bits per heavy atom. The fourth-order valence-corrected chi connectivity index (χ4v) is 1.43. The van der Waals surface area contributed by atoms with Gasteiger partial charge in [-0.3, -0.25) is 4.79 Å². The van der Waals surface area contributed by atoms with Gasteiger partial charge in [-0.2, -0.15) is 4.74 Å². The van der Waals surface area contributed by atoms with Crippen LogP contribution in [-0.2, 0) is 0 Å². The summed E-state index contributed by atoms with van der Waals surface area (Å²) in [6.07, 6.45) is 1.05. The molecule has 3 heteroatoms. The van der Waals surface area contributed by atoms with Crippen molar-refractivity contribution >= 4 is 17.7 Å². The second-order valence-electron chi connectivity index (χ2n) is 3.52. The lowest BCUT2D eigenvalue weighted by molar-refractivity contribution is -0.353. The number of carbonyl (C=O) groups excluding carboxylic acids is 1. The Bertz CT molecular complexity index is 533. The standard InChI is InChI=1S/C14H11NO2/c16-14(12-7-3-1-4-8-12)11-15(17)13-9-5-2-6-10-13/h1-11H. The number of Topliss-reactive ketones (excluding diaryl/α,β-unsaturated/α-hetero) is 1. The number of nitrogens with zero attached hydrogens (tertiary/aromatic N) is 1. The van der Waals surface area contributed by atoms with Crippen LogP contribution < -0.4 is 0 Å². The fraction of sp³-hybridized carbons (Fsp3) is 0. The normalized spacial score (nSPS) is 11.2. The van der Waals surface area contributed by atoms with Gasteiger partial charge in [0.1, 0.15) is 0 Å². The molecule has 0 N–H and O–H groups in total. The van der Waals surface area contributed by atoms with Crippen LogP contribution in [0.25, 0.3) is 0 Å². The molecule has 0 fully saturated rings. The summed E-state index contributed by atoms with van der Waals surface area (Å²) in [5.41, 5.74) is 0.945. The van der Waals surface area contributed by atoms with Gasteiger partial charge >= 0.3 is 0 Å². The molecule has 0 bridgehead atoms. The number of para-hydroxylation sites is 1. The highest BCUT2D eigenvalue weighted by molar-refractivity contribution is 6.33. The molecule has 0 atom stereocenters. The van der Waals surface area contributed by atoms with Crippen LogP contribution in [0.3, 0.4) is 0 Å². The zero-order valence-corrected chi connectivity index (χ0v) is 9.11. The average Bonchev–Trinajstić information content (AvgIpc) is 2.40. The van der Waals surface area contributed by atoms with E-state index in [-0.39, 0.29) is 5.78 Å². The second kappa shape index (κ2) is 5.07. The first-order valence-corrected chi connectivity index (χ1v) is 5.23. The van der Waals surface area contributed by atoms with Crippen molar-refractivity contribution in [2.75, 3.05) is 0 Å². The minimum absolute atomic E-state index is 0.301. The summed E-state index contributed by atoms with van der Waals surface area (Å²) in [5, 5.41) is 11.7. The van der Waals surface area contributed by atoms with E-state index < -0.39 is 0 Å². The van der Waals surface area contributed by atoms with E-state index in [1.54, 1.807) is 48.5 Å². The van der Waals surface area contributed by atoms with Gasteiger partial charge in [0.05, 0.1) is 0 Å². The lowest BCUT2D eigenvalue weighted by Gasteiger charge is -2.01. The third-order valence-electron chi connectivity index (χ3n) is 2.30. The molecule has 3 nitrogen and oxygen atoms in total. The maximum absolute atomic E-state index is 11.7. The van der Waals surface area contributed by atoms with E-state index in [9.17, 15) is 10.0 Å². The third-order valence-corrected chi connectivity index (χ3v) is 2.30. The molecule has 0 unspecified atom stereocenters. The summed E-state index contributed by atoms with van der Waals surface area (Å²) in [6, 6.07) is 17.3. The summed E-state index contributed by atoms with van der Waals surface area (Å²) in [4.78, 5) is 11.7. The molecule has 0 aromatic heterocycles. The lowest BCUT2D eigenvalue weighted by atomic mass is 10.1. The third kappa shape index (κ3) is 2.78. The Morgan fingerprint density at radius 1 is 0.941 bits per heavy atom. The van der Waals surface area contributed by atoms with Gasteiger partial charge in [0, 0.05) is 17.7 Å². The zero-order chi connectivity index (χ0) is 12.1. The van der Waals surface area contributed by atoms with Crippen molar-refractivity contribution in [1.29, 1.82) is 0 Å². The van der Waals surface area contributed by atoms with Crippen LogP contribution in [0.2, 0.25) is 0 Å². The van der Waals surface area contributed by atoms with E-state index in [2.05, 4.69) is 0 Å². The highest BCUT2D eigenvalue weighted by atomic mass is 16.5. The molecule has 0 heterocycles. The smallest absolute Gasteiger partial charge is 0.250 e. The predicted molar refractivity (Wildman–Crippen MR) is 66.6 cm³/mol. The number of ketones is 1. The number of benzene rings is 2. The lowest BCUT2D eigenvalue weighted by Crippen LogP contribution is -2.08. The summed E-state index contributed by atoms with van der Waals surface area (Å²) in [5.74, 6) is -0.301. The fourth-order valence-electron chi connectivity index (χ4n) is 1.43. The highest BCUT2D eigenvalue weighted by Crippen LogP contribution is 2.08. The molecule has 2 aromatic rings. The minimum Gasteiger partial charge on any atom is -0.618 e. The first-order chi connectivity index (χ1) is 8.27. The molecule has 2 rings (SSSR count). The first kappa shape index (κ1) is 11.1. The zero-order valence-electron chi connectivity index (χ0n) is 9.11. The molecule has 0 amide bonds. The van der Waals surface area contributed by atoms with Crippen LogP contribution in [0.1, 0.15) is 10.4 Å². The summed E-state index contributed by atoms with van der Waals surface area (Å²) >= 11 is 0. The monoisotopic (exact) mass is 225 g/mol. The van der Waals surface area contributed by atoms with Crippen molar-refractivity contribution < 1.29 is 9.53 Å². The number of hydrogen-bond donors (Lipinski definition) is 0. The van der Waals surface area contributed by atoms with E-state index in [1.807, 2.05) is 12.1 Å². The molecular weight excluding hydrogens is 214 g/mol. The quantitative estimate of drug-likeness (QED) is 0.265. The van der Waals surface area contributed by atoms with Gasteiger partial charge in [-0.05, 0) is 0 Å². The molecule has 0 saturated carbocycles. The van der Waals surface area contributed by atoms with Crippen molar-refractivity contribution in [3.8, 4) is 0 Å². The Morgan fingerprint density at radius 2 is 1.47 bits per heavy atom. The van der Waals surface area contributed by atoms with Crippen molar-refractivity contribution in [1.82, 2.24) is 0 Å². The van der Waals surface area contributed by atoms with Crippen LogP contribution >= 0.6 is 0 Å². The minimum atomic E-state index is -0.301. The summed E-state index contributed by atoms with van der Waals surface area (Å²) in [7, 11) is 0. The number of carbonyl (C=O) groups is 1. The number of hydrogen-bond acceptors (Lipinski definition) is 2. The van der Waals surface area contributed by atoms with Crippen LogP contribution in [0.5, 0.6) is 0 Å². The van der Waals surface area contributed by atoms with Crippen LogP contribution in [0.4, 0.5) is 5.69 Å². The Balaban J connectivity index is 2.24. The largest absolute Gasteiger partial charge is 0.618 e. The molecule has 0 radical (unpaired) electrons. The molecule has 0 aliphatic carbocycles. The maximum atomic E-state index is 11.7. The van der Waals surface area contributed by atoms with Gasteiger partial charge in [0.15, 0.2) is 0 Å². The van der Waals surface area contributed by atoms with Gasteiger partial charge < -0.3 is 5.21 Å². The Hall–Kier alpha value is -2.42. The van der Waals surface area contributed by atoms with Crippen molar-refractivity contribution in [2.45, 2.75) is 0 Å². The SMILES string of the molecule is O=C(C=[N+]([O-])c1ccccc1)c1ccccc1. The van der Waals surface area contributed by atoms with E-state index in [4.69, 9.17) is 0 Å². The van der Waals surface area contributed by atoms with E-state index in [0.29, 0.717) is 16.0 Å². The van der Waals surface area contributed by atoms with Gasteiger partial charge in [-0.1, -0.05) is 48.5 Å². The topological polar surface area (TPSA) is 43.1 Å². The molecule has 2 aromatic carbocycles. The molecule has 0 aliphatic heterocycles. The molecular formula is C14H11NO2. The van der Waals surface area contributed by atoms with Gasteiger partial charge in [0.2, 0.25) is 17.7 Å². The predicted octanol–water partition coefficient (Wildman–Crippen LogP) is 2.78. The van der Waals surface area contributed by atoms with Crippen LogP contribution in [0.15, 0.2) is 60.7 Å². The second-order valence-corrected chi connectivity index (χ2v) is 3.52. The molecule has 0 saturated heterocycles. The first-order valence-electron chi connectivity index (χ1n) is 5.23.